The van der Waals surface area contributed by atoms with Gasteiger partial charge >= 0.3 is 5.97 Å². The zero-order valence-electron chi connectivity index (χ0n) is 8.32. The van der Waals surface area contributed by atoms with Crippen molar-refractivity contribution in [1.82, 2.24) is 10.3 Å². The second kappa shape index (κ2) is 5.45. The summed E-state index contributed by atoms with van der Waals surface area (Å²) >= 11 is 1.04. The van der Waals surface area contributed by atoms with Crippen LogP contribution >= 0.6 is 11.3 Å². The van der Waals surface area contributed by atoms with Crippen LogP contribution in [0.3, 0.4) is 0 Å². The zero-order valence-corrected chi connectivity index (χ0v) is 9.13. The summed E-state index contributed by atoms with van der Waals surface area (Å²) in [5, 5.41) is 12.8. The third-order valence-electron chi connectivity index (χ3n) is 1.73. The minimum Gasteiger partial charge on any atom is -0.476 e. The molecule has 0 fully saturated rings. The molecule has 1 rings (SSSR count). The number of hydrogen-bond donors (Lipinski definition) is 2. The van der Waals surface area contributed by atoms with Gasteiger partial charge in [0.15, 0.2) is 10.7 Å². The fraction of sp³-hybridized carbons (Fsp3) is 0.444. The second-order valence-corrected chi connectivity index (χ2v) is 3.81. The van der Waals surface area contributed by atoms with Crippen LogP contribution in [0.1, 0.15) is 40.1 Å². The first-order chi connectivity index (χ1) is 7.15. The Hall–Kier alpha value is -1.43. The predicted octanol–water partition coefficient (Wildman–Crippen LogP) is 1.37. The third-order valence-corrected chi connectivity index (χ3v) is 2.57. The fourth-order valence-electron chi connectivity index (χ4n) is 0.931. The molecule has 1 amide bonds. The Kier molecular flexibility index (Phi) is 4.23. The maximum Gasteiger partial charge on any atom is 0.355 e. The van der Waals surface area contributed by atoms with E-state index in [1.54, 1.807) is 0 Å². The van der Waals surface area contributed by atoms with Crippen LogP contribution in [0.5, 0.6) is 0 Å². The van der Waals surface area contributed by atoms with Gasteiger partial charge in [-0.25, -0.2) is 9.78 Å². The molecule has 15 heavy (non-hydrogen) atoms. The fourth-order valence-corrected chi connectivity index (χ4v) is 1.64. The van der Waals surface area contributed by atoms with Crippen LogP contribution in [0.25, 0.3) is 0 Å². The van der Waals surface area contributed by atoms with Gasteiger partial charge in [-0.3, -0.25) is 4.79 Å². The number of amides is 1. The Morgan fingerprint density at radius 2 is 2.33 bits per heavy atom. The number of carbonyl (C=O) groups is 2. The summed E-state index contributed by atoms with van der Waals surface area (Å²) < 4.78 is 0. The van der Waals surface area contributed by atoms with Gasteiger partial charge in [0.2, 0.25) is 0 Å². The number of carboxylic acid groups (broad SMARTS) is 1. The molecule has 0 bridgehead atoms. The lowest BCUT2D eigenvalue weighted by Gasteiger charge is -1.99. The van der Waals surface area contributed by atoms with E-state index >= 15 is 0 Å². The van der Waals surface area contributed by atoms with Crippen molar-refractivity contribution in [2.45, 2.75) is 19.8 Å². The van der Waals surface area contributed by atoms with Gasteiger partial charge in [-0.05, 0) is 6.42 Å². The van der Waals surface area contributed by atoms with E-state index in [1.165, 1.54) is 5.38 Å². The standard InChI is InChI=1S/C9H12N2O3S/c1-2-3-4-10-7(12)8-11-6(5-15-8)9(13)14/h5H,2-4H2,1H3,(H,10,12)(H,13,14). The Morgan fingerprint density at radius 1 is 1.60 bits per heavy atom. The summed E-state index contributed by atoms with van der Waals surface area (Å²) in [6.07, 6.45) is 1.90. The summed E-state index contributed by atoms with van der Waals surface area (Å²) in [6, 6.07) is 0. The van der Waals surface area contributed by atoms with Crippen molar-refractivity contribution in [2.75, 3.05) is 6.54 Å². The summed E-state index contributed by atoms with van der Waals surface area (Å²) in [6.45, 7) is 2.62. The van der Waals surface area contributed by atoms with Gasteiger partial charge in [-0.1, -0.05) is 13.3 Å². The molecule has 2 N–H and O–H groups in total. The number of carbonyl (C=O) groups excluding carboxylic acids is 1. The number of thiazole rings is 1. The van der Waals surface area contributed by atoms with Crippen LogP contribution in [0.2, 0.25) is 0 Å². The Balaban J connectivity index is 2.54. The van der Waals surface area contributed by atoms with Gasteiger partial charge < -0.3 is 10.4 Å². The molecule has 0 saturated heterocycles. The molecular weight excluding hydrogens is 216 g/mol. The van der Waals surface area contributed by atoms with Crippen LogP contribution in [0.4, 0.5) is 0 Å². The molecule has 1 aromatic rings. The molecule has 0 aliphatic rings. The Labute approximate surface area is 91.1 Å². The molecule has 0 saturated carbocycles. The molecule has 0 atom stereocenters. The number of carboxylic acids is 1. The third kappa shape index (κ3) is 3.32. The molecule has 0 unspecified atom stereocenters. The first-order valence-electron chi connectivity index (χ1n) is 4.62. The van der Waals surface area contributed by atoms with Gasteiger partial charge in [0.25, 0.3) is 5.91 Å². The Bertz CT molecular complexity index is 362. The van der Waals surface area contributed by atoms with E-state index in [9.17, 15) is 9.59 Å². The molecule has 0 spiro atoms. The van der Waals surface area contributed by atoms with E-state index in [2.05, 4.69) is 10.3 Å². The van der Waals surface area contributed by atoms with Crippen LogP contribution < -0.4 is 5.32 Å². The van der Waals surface area contributed by atoms with Crippen molar-refractivity contribution in [2.24, 2.45) is 0 Å². The monoisotopic (exact) mass is 228 g/mol. The SMILES string of the molecule is CCCCNC(=O)c1nc(C(=O)O)cs1. The highest BCUT2D eigenvalue weighted by atomic mass is 32.1. The van der Waals surface area contributed by atoms with Crippen molar-refractivity contribution >= 4 is 23.2 Å². The maximum atomic E-state index is 11.4. The van der Waals surface area contributed by atoms with E-state index in [0.717, 1.165) is 24.2 Å². The first kappa shape index (κ1) is 11.6. The molecule has 6 heteroatoms. The highest BCUT2D eigenvalue weighted by molar-refractivity contribution is 7.11. The van der Waals surface area contributed by atoms with Crippen molar-refractivity contribution < 1.29 is 14.7 Å². The average Bonchev–Trinajstić information content (AvgIpc) is 2.66. The van der Waals surface area contributed by atoms with E-state index in [1.807, 2.05) is 6.92 Å². The quantitative estimate of drug-likeness (QED) is 0.746. The molecule has 0 aliphatic heterocycles. The number of unbranched alkanes of at least 4 members (excludes halogenated alkanes) is 1. The molecule has 1 heterocycles. The molecule has 82 valence electrons. The van der Waals surface area contributed by atoms with Gasteiger partial charge in [-0.15, -0.1) is 11.3 Å². The summed E-state index contributed by atoms with van der Waals surface area (Å²) in [4.78, 5) is 25.6. The second-order valence-electron chi connectivity index (χ2n) is 2.95. The lowest BCUT2D eigenvalue weighted by atomic mass is 10.3. The molecular formula is C9H12N2O3S. The Morgan fingerprint density at radius 3 is 2.87 bits per heavy atom. The average molecular weight is 228 g/mol. The van der Waals surface area contributed by atoms with Crippen molar-refractivity contribution in [1.29, 1.82) is 0 Å². The lowest BCUT2D eigenvalue weighted by molar-refractivity contribution is 0.0691. The van der Waals surface area contributed by atoms with Crippen molar-refractivity contribution in [3.8, 4) is 0 Å². The summed E-state index contributed by atoms with van der Waals surface area (Å²) in [5.74, 6) is -1.42. The minimum absolute atomic E-state index is 0.0827. The van der Waals surface area contributed by atoms with E-state index in [-0.39, 0.29) is 16.6 Å². The number of aromatic carboxylic acids is 1. The highest BCUT2D eigenvalue weighted by Crippen LogP contribution is 2.09. The van der Waals surface area contributed by atoms with Gasteiger partial charge in [0.05, 0.1) is 0 Å². The van der Waals surface area contributed by atoms with Crippen LogP contribution in [0.15, 0.2) is 5.38 Å². The number of nitrogens with one attached hydrogen (secondary N) is 1. The van der Waals surface area contributed by atoms with E-state index in [4.69, 9.17) is 5.11 Å². The molecule has 5 nitrogen and oxygen atoms in total. The zero-order chi connectivity index (χ0) is 11.3. The van der Waals surface area contributed by atoms with Crippen LogP contribution in [-0.4, -0.2) is 28.5 Å². The molecule has 0 aliphatic carbocycles. The summed E-state index contributed by atoms with van der Waals surface area (Å²) in [5.41, 5.74) is -0.0827. The lowest BCUT2D eigenvalue weighted by Crippen LogP contribution is -2.24. The highest BCUT2D eigenvalue weighted by Gasteiger charge is 2.13. The largest absolute Gasteiger partial charge is 0.476 e. The normalized spacial score (nSPS) is 9.93. The minimum atomic E-state index is -1.11. The number of rotatable bonds is 5. The number of nitrogens with zero attached hydrogens (tertiary/aromatic N) is 1. The van der Waals surface area contributed by atoms with Crippen molar-refractivity contribution in [3.63, 3.8) is 0 Å². The van der Waals surface area contributed by atoms with Gasteiger partial charge in [0, 0.05) is 11.9 Å². The topological polar surface area (TPSA) is 79.3 Å². The van der Waals surface area contributed by atoms with Crippen LogP contribution in [-0.2, 0) is 0 Å². The van der Waals surface area contributed by atoms with E-state index in [0.29, 0.717) is 6.54 Å². The number of aromatic nitrogens is 1. The van der Waals surface area contributed by atoms with Gasteiger partial charge in [-0.2, -0.15) is 0 Å². The van der Waals surface area contributed by atoms with Gasteiger partial charge in [0.1, 0.15) is 0 Å². The number of hydrogen-bond acceptors (Lipinski definition) is 4. The smallest absolute Gasteiger partial charge is 0.355 e. The summed E-state index contributed by atoms with van der Waals surface area (Å²) in [7, 11) is 0. The maximum absolute atomic E-state index is 11.4. The first-order valence-corrected chi connectivity index (χ1v) is 5.50. The molecule has 1 aromatic heterocycles. The van der Waals surface area contributed by atoms with Crippen LogP contribution in [0, 0.1) is 0 Å². The molecule has 0 radical (unpaired) electrons. The molecule has 0 aromatic carbocycles. The van der Waals surface area contributed by atoms with Crippen molar-refractivity contribution in [3.05, 3.63) is 16.1 Å². The van der Waals surface area contributed by atoms with E-state index < -0.39 is 5.97 Å². The predicted molar refractivity (Wildman–Crippen MR) is 56.3 cm³/mol.